The molecule has 1 aliphatic rings. The number of ether oxygens (including phenoxy) is 1. The summed E-state index contributed by atoms with van der Waals surface area (Å²) < 4.78 is 5.34. The number of guanidine groups is 1. The molecule has 0 bridgehead atoms. The van der Waals surface area contributed by atoms with Crippen molar-refractivity contribution < 1.29 is 4.74 Å². The Hall–Kier alpha value is -0.810. The Morgan fingerprint density at radius 1 is 1.05 bits per heavy atom. The number of hydrogen-bond donors (Lipinski definition) is 2. The molecule has 0 aromatic heterocycles. The molecule has 0 atom stereocenters. The Bertz CT molecular complexity index is 278. The average Bonchev–Trinajstić information content (AvgIpc) is 3.03. The summed E-state index contributed by atoms with van der Waals surface area (Å²) in [5.41, 5.74) is 0. The minimum Gasteiger partial charge on any atom is -0.382 e. The fourth-order valence-electron chi connectivity index (χ4n) is 2.67. The van der Waals surface area contributed by atoms with Gasteiger partial charge in [0.1, 0.15) is 0 Å². The molecule has 1 rings (SSSR count). The first-order valence-corrected chi connectivity index (χ1v) is 9.19. The summed E-state index contributed by atoms with van der Waals surface area (Å²) in [7, 11) is 0. The highest BCUT2D eigenvalue weighted by molar-refractivity contribution is 5.79. The van der Waals surface area contributed by atoms with E-state index in [2.05, 4.69) is 27.4 Å². The highest BCUT2D eigenvalue weighted by Gasteiger charge is 2.09. The molecule has 0 amide bonds. The standard InChI is InChI=1S/C17H36N4O/c1-3-18-17(20-12-6-10-16-22-4-2)19-11-5-7-13-21-14-8-9-15-21/h3-16H2,1-2H3,(H2,18,19,20). The number of unbranched alkanes of at least 4 members (excludes halogenated alkanes) is 2. The van der Waals surface area contributed by atoms with E-state index >= 15 is 0 Å². The predicted molar refractivity (Wildman–Crippen MR) is 94.6 cm³/mol. The molecule has 1 saturated heterocycles. The van der Waals surface area contributed by atoms with E-state index in [-0.39, 0.29) is 0 Å². The summed E-state index contributed by atoms with van der Waals surface area (Å²) in [6, 6.07) is 0. The molecular formula is C17H36N4O. The molecule has 0 unspecified atom stereocenters. The summed E-state index contributed by atoms with van der Waals surface area (Å²) in [5.74, 6) is 0.958. The molecule has 0 aliphatic carbocycles. The van der Waals surface area contributed by atoms with Crippen LogP contribution in [0.5, 0.6) is 0 Å². The van der Waals surface area contributed by atoms with Gasteiger partial charge in [0.15, 0.2) is 5.96 Å². The number of nitrogens with zero attached hydrogens (tertiary/aromatic N) is 2. The Morgan fingerprint density at radius 3 is 2.59 bits per heavy atom. The fraction of sp³-hybridized carbons (Fsp3) is 0.941. The van der Waals surface area contributed by atoms with E-state index in [9.17, 15) is 0 Å². The minimum absolute atomic E-state index is 0.814. The van der Waals surface area contributed by atoms with Gasteiger partial charge in [0.2, 0.25) is 0 Å². The van der Waals surface area contributed by atoms with Crippen LogP contribution in [0.4, 0.5) is 0 Å². The van der Waals surface area contributed by atoms with E-state index in [1.54, 1.807) is 0 Å². The van der Waals surface area contributed by atoms with E-state index in [1.165, 1.54) is 45.3 Å². The van der Waals surface area contributed by atoms with Crippen LogP contribution < -0.4 is 10.6 Å². The van der Waals surface area contributed by atoms with Gasteiger partial charge in [-0.25, -0.2) is 0 Å². The molecule has 1 aliphatic heterocycles. The number of likely N-dealkylation sites (tertiary alicyclic amines) is 1. The van der Waals surface area contributed by atoms with Crippen molar-refractivity contribution in [3.8, 4) is 0 Å². The molecule has 1 fully saturated rings. The average molecular weight is 313 g/mol. The van der Waals surface area contributed by atoms with Crippen LogP contribution in [-0.2, 0) is 4.74 Å². The van der Waals surface area contributed by atoms with E-state index in [1.807, 2.05) is 6.92 Å². The second kappa shape index (κ2) is 13.8. The number of rotatable bonds is 12. The van der Waals surface area contributed by atoms with Crippen molar-refractivity contribution in [1.82, 2.24) is 15.5 Å². The summed E-state index contributed by atoms with van der Waals surface area (Å²) in [5, 5.41) is 6.72. The van der Waals surface area contributed by atoms with E-state index in [0.717, 1.165) is 51.6 Å². The third-order valence-corrected chi connectivity index (χ3v) is 3.91. The monoisotopic (exact) mass is 312 g/mol. The molecule has 1 heterocycles. The van der Waals surface area contributed by atoms with Gasteiger partial charge in [0, 0.05) is 32.8 Å². The molecular weight excluding hydrogens is 276 g/mol. The van der Waals surface area contributed by atoms with Crippen LogP contribution in [0, 0.1) is 0 Å². The Morgan fingerprint density at radius 2 is 1.86 bits per heavy atom. The molecule has 2 N–H and O–H groups in total. The van der Waals surface area contributed by atoms with Crippen molar-refractivity contribution in [1.29, 1.82) is 0 Å². The van der Waals surface area contributed by atoms with Gasteiger partial charge >= 0.3 is 0 Å². The van der Waals surface area contributed by atoms with Gasteiger partial charge in [-0.1, -0.05) is 0 Å². The molecule has 0 saturated carbocycles. The Kier molecular flexibility index (Phi) is 12.1. The van der Waals surface area contributed by atoms with Gasteiger partial charge in [-0.3, -0.25) is 4.99 Å². The number of hydrogen-bond acceptors (Lipinski definition) is 3. The van der Waals surface area contributed by atoms with Gasteiger partial charge in [0.25, 0.3) is 0 Å². The summed E-state index contributed by atoms with van der Waals surface area (Å²) in [4.78, 5) is 7.23. The van der Waals surface area contributed by atoms with Crippen molar-refractivity contribution in [3.05, 3.63) is 0 Å². The van der Waals surface area contributed by atoms with Crippen LogP contribution in [-0.4, -0.2) is 63.3 Å². The Balaban J connectivity index is 2.04. The van der Waals surface area contributed by atoms with Crippen LogP contribution >= 0.6 is 0 Å². The van der Waals surface area contributed by atoms with Crippen molar-refractivity contribution >= 4 is 5.96 Å². The summed E-state index contributed by atoms with van der Waals surface area (Å²) in [6.07, 6.45) is 7.44. The van der Waals surface area contributed by atoms with Gasteiger partial charge in [-0.05, 0) is 72.0 Å². The lowest BCUT2D eigenvalue weighted by atomic mass is 10.3. The molecule has 22 heavy (non-hydrogen) atoms. The predicted octanol–water partition coefficient (Wildman–Crippen LogP) is 2.23. The maximum atomic E-state index is 5.34. The van der Waals surface area contributed by atoms with E-state index in [4.69, 9.17) is 4.74 Å². The van der Waals surface area contributed by atoms with Crippen LogP contribution in [0.2, 0.25) is 0 Å². The van der Waals surface area contributed by atoms with Crippen LogP contribution in [0.15, 0.2) is 4.99 Å². The normalized spacial score (nSPS) is 16.2. The van der Waals surface area contributed by atoms with Gasteiger partial charge in [-0.2, -0.15) is 0 Å². The zero-order valence-corrected chi connectivity index (χ0v) is 14.7. The van der Waals surface area contributed by atoms with Crippen molar-refractivity contribution in [2.75, 3.05) is 52.5 Å². The third-order valence-electron chi connectivity index (χ3n) is 3.91. The smallest absolute Gasteiger partial charge is 0.191 e. The van der Waals surface area contributed by atoms with Gasteiger partial charge in [0.05, 0.1) is 0 Å². The minimum atomic E-state index is 0.814. The lowest BCUT2D eigenvalue weighted by Crippen LogP contribution is -2.38. The topological polar surface area (TPSA) is 48.9 Å². The zero-order chi connectivity index (χ0) is 15.9. The SMILES string of the molecule is CCNC(=NCCCCN1CCCC1)NCCCCOCC. The summed E-state index contributed by atoms with van der Waals surface area (Å²) in [6.45, 7) is 12.5. The lowest BCUT2D eigenvalue weighted by molar-refractivity contribution is 0.143. The second-order valence-electron chi connectivity index (χ2n) is 5.85. The Labute approximate surface area is 136 Å². The highest BCUT2D eigenvalue weighted by Crippen LogP contribution is 2.08. The molecule has 0 aromatic carbocycles. The van der Waals surface area contributed by atoms with Gasteiger partial charge in [-0.15, -0.1) is 0 Å². The fourth-order valence-corrected chi connectivity index (χ4v) is 2.67. The van der Waals surface area contributed by atoms with Crippen LogP contribution in [0.3, 0.4) is 0 Å². The first-order valence-electron chi connectivity index (χ1n) is 9.19. The van der Waals surface area contributed by atoms with Crippen LogP contribution in [0.25, 0.3) is 0 Å². The van der Waals surface area contributed by atoms with Gasteiger partial charge < -0.3 is 20.3 Å². The number of nitrogens with one attached hydrogen (secondary N) is 2. The van der Waals surface area contributed by atoms with Crippen molar-refractivity contribution in [3.63, 3.8) is 0 Å². The maximum Gasteiger partial charge on any atom is 0.191 e. The molecule has 5 nitrogen and oxygen atoms in total. The van der Waals surface area contributed by atoms with E-state index in [0.29, 0.717) is 0 Å². The quantitative estimate of drug-likeness (QED) is 0.330. The molecule has 0 aromatic rings. The highest BCUT2D eigenvalue weighted by atomic mass is 16.5. The summed E-state index contributed by atoms with van der Waals surface area (Å²) >= 11 is 0. The second-order valence-corrected chi connectivity index (χ2v) is 5.85. The first kappa shape index (κ1) is 19.2. The lowest BCUT2D eigenvalue weighted by Gasteiger charge is -2.14. The van der Waals surface area contributed by atoms with Crippen molar-refractivity contribution in [2.24, 2.45) is 4.99 Å². The largest absolute Gasteiger partial charge is 0.382 e. The molecule has 0 radical (unpaired) electrons. The maximum absolute atomic E-state index is 5.34. The molecule has 0 spiro atoms. The zero-order valence-electron chi connectivity index (χ0n) is 14.7. The van der Waals surface area contributed by atoms with E-state index < -0.39 is 0 Å². The van der Waals surface area contributed by atoms with Crippen LogP contribution in [0.1, 0.15) is 52.4 Å². The third kappa shape index (κ3) is 10.0. The first-order chi connectivity index (χ1) is 10.9. The number of aliphatic imine (C=N–C) groups is 1. The molecule has 5 heteroatoms. The van der Waals surface area contributed by atoms with Crippen molar-refractivity contribution in [2.45, 2.75) is 52.4 Å². The molecule has 130 valence electrons.